The Morgan fingerprint density at radius 2 is 1.71 bits per heavy atom. The number of aromatic nitrogens is 2. The number of carbonyl (C=O) groups excluding carboxylic acids is 1. The summed E-state index contributed by atoms with van der Waals surface area (Å²) in [6.45, 7) is 1.78. The van der Waals surface area contributed by atoms with Crippen LogP contribution in [0.1, 0.15) is 12.5 Å². The fourth-order valence-corrected chi connectivity index (χ4v) is 4.58. The largest absolute Gasteiger partial charge is 0.475 e. The maximum atomic E-state index is 13.5. The molecule has 0 radical (unpaired) electrons. The lowest BCUT2D eigenvalue weighted by molar-refractivity contribution is -0.146. The first-order valence-corrected chi connectivity index (χ1v) is 12.6. The van der Waals surface area contributed by atoms with E-state index in [1.165, 1.54) is 6.07 Å². The predicted octanol–water partition coefficient (Wildman–Crippen LogP) is 2.99. The lowest BCUT2D eigenvalue weighted by atomic mass is 10.2. The number of para-hydroxylation sites is 1. The van der Waals surface area contributed by atoms with Gasteiger partial charge in [0.15, 0.2) is 0 Å². The fourth-order valence-electron chi connectivity index (χ4n) is 2.87. The van der Waals surface area contributed by atoms with Crippen molar-refractivity contribution in [2.45, 2.75) is 19.6 Å². The van der Waals surface area contributed by atoms with E-state index >= 15 is 0 Å². The molecule has 1 aromatic heterocycles. The zero-order valence-corrected chi connectivity index (χ0v) is 20.1. The molecule has 1 heterocycles. The zero-order valence-electron chi connectivity index (χ0n) is 19.2. The van der Waals surface area contributed by atoms with Crippen LogP contribution in [0, 0.1) is 0 Å². The van der Waals surface area contributed by atoms with Gasteiger partial charge in [0.1, 0.15) is 37.2 Å². The van der Waals surface area contributed by atoms with E-state index in [4.69, 9.17) is 30.2 Å². The molecule has 0 bridgehead atoms. The molecule has 0 aliphatic rings. The van der Waals surface area contributed by atoms with Gasteiger partial charge in [0, 0.05) is 6.07 Å². The highest BCUT2D eigenvalue weighted by molar-refractivity contribution is 7.57. The molecule has 3 aromatic rings. The number of nitrogens with one attached hydrogen (secondary N) is 1. The number of hydrogen-bond acceptors (Lipinski definition) is 10. The van der Waals surface area contributed by atoms with Gasteiger partial charge in [-0.25, -0.2) is 5.09 Å². The quantitative estimate of drug-likeness (QED) is 0.179. The molecule has 12 heteroatoms. The minimum absolute atomic E-state index is 0.0148. The Hall–Kier alpha value is -3.66. The Balaban J connectivity index is 1.55. The molecule has 2 atom stereocenters. The van der Waals surface area contributed by atoms with E-state index in [-0.39, 0.29) is 43.8 Å². The molecular weight excluding hydrogens is 473 g/mol. The Morgan fingerprint density at radius 3 is 2.40 bits per heavy atom. The van der Waals surface area contributed by atoms with Gasteiger partial charge in [-0.15, -0.1) is 0 Å². The summed E-state index contributed by atoms with van der Waals surface area (Å²) in [5.41, 5.74) is 12.0. The summed E-state index contributed by atoms with van der Waals surface area (Å²) in [5.74, 6) is 0.133. The second-order valence-corrected chi connectivity index (χ2v) is 9.44. The van der Waals surface area contributed by atoms with Crippen molar-refractivity contribution in [1.29, 1.82) is 0 Å². The van der Waals surface area contributed by atoms with Crippen LogP contribution < -0.4 is 25.8 Å². The molecule has 0 aliphatic carbocycles. The maximum absolute atomic E-state index is 13.5. The summed E-state index contributed by atoms with van der Waals surface area (Å²) < 4.78 is 35.5. The van der Waals surface area contributed by atoms with Gasteiger partial charge in [0.05, 0.1) is 6.61 Å². The lowest BCUT2D eigenvalue weighted by Crippen LogP contribution is -2.35. The van der Waals surface area contributed by atoms with E-state index in [2.05, 4.69) is 15.1 Å². The highest BCUT2D eigenvalue weighted by Gasteiger charge is 2.31. The number of hydrogen-bond donors (Lipinski definition) is 3. The van der Waals surface area contributed by atoms with Crippen molar-refractivity contribution in [2.24, 2.45) is 0 Å². The van der Waals surface area contributed by atoms with Crippen LogP contribution >= 0.6 is 7.52 Å². The zero-order chi connectivity index (χ0) is 25.1. The van der Waals surface area contributed by atoms with Crippen LogP contribution in [-0.2, 0) is 25.4 Å². The highest BCUT2D eigenvalue weighted by Crippen LogP contribution is 2.43. The Kier molecular flexibility index (Phi) is 9.42. The first-order valence-electron chi connectivity index (χ1n) is 10.8. The molecule has 0 fully saturated rings. The normalized spacial score (nSPS) is 13.4. The van der Waals surface area contributed by atoms with Crippen molar-refractivity contribution >= 4 is 25.3 Å². The summed E-state index contributed by atoms with van der Waals surface area (Å²) in [6.07, 6.45) is -0.324. The Labute approximate surface area is 203 Å². The van der Waals surface area contributed by atoms with Crippen molar-refractivity contribution < 1.29 is 28.1 Å². The third kappa shape index (κ3) is 8.90. The molecule has 0 saturated carbocycles. The van der Waals surface area contributed by atoms with Crippen LogP contribution in [0.2, 0.25) is 0 Å². The number of ether oxygens (including phenoxy) is 3. The van der Waals surface area contributed by atoms with Gasteiger partial charge < -0.3 is 30.2 Å². The second kappa shape index (κ2) is 12.7. The average molecular weight is 501 g/mol. The first-order chi connectivity index (χ1) is 16.8. The van der Waals surface area contributed by atoms with Crippen molar-refractivity contribution in [3.05, 3.63) is 72.3 Å². The van der Waals surface area contributed by atoms with Crippen LogP contribution in [0.3, 0.4) is 0 Å². The van der Waals surface area contributed by atoms with Gasteiger partial charge in [-0.2, -0.15) is 9.97 Å². The minimum atomic E-state index is -3.67. The highest BCUT2D eigenvalue weighted by atomic mass is 31.2. The van der Waals surface area contributed by atoms with Crippen LogP contribution in [0.25, 0.3) is 0 Å². The topological polar surface area (TPSA) is 161 Å². The van der Waals surface area contributed by atoms with Crippen LogP contribution in [0.15, 0.2) is 66.7 Å². The van der Waals surface area contributed by atoms with Crippen molar-refractivity contribution in [3.63, 3.8) is 0 Å². The second-order valence-electron chi connectivity index (χ2n) is 7.40. The SMILES string of the molecule is C[C@H](NP(=O)(COCCOc1cc(N)nc(N)n1)Oc1ccccc1)C(=O)OCc1ccccc1. The molecule has 0 spiro atoms. The summed E-state index contributed by atoms with van der Waals surface area (Å²) in [4.78, 5) is 20.1. The van der Waals surface area contributed by atoms with Gasteiger partial charge in [-0.1, -0.05) is 48.5 Å². The van der Waals surface area contributed by atoms with Gasteiger partial charge in [-0.05, 0) is 24.6 Å². The van der Waals surface area contributed by atoms with E-state index in [1.54, 1.807) is 37.3 Å². The van der Waals surface area contributed by atoms with E-state index in [1.807, 2.05) is 30.3 Å². The van der Waals surface area contributed by atoms with E-state index in [0.717, 1.165) is 5.56 Å². The molecule has 2 aromatic carbocycles. The van der Waals surface area contributed by atoms with Crippen LogP contribution in [0.4, 0.5) is 11.8 Å². The van der Waals surface area contributed by atoms with Crippen LogP contribution in [-0.4, -0.2) is 41.5 Å². The molecule has 0 amide bonds. The third-order valence-electron chi connectivity index (χ3n) is 4.44. The van der Waals surface area contributed by atoms with E-state index in [9.17, 15) is 9.36 Å². The average Bonchev–Trinajstić information content (AvgIpc) is 2.83. The molecule has 35 heavy (non-hydrogen) atoms. The third-order valence-corrected chi connectivity index (χ3v) is 6.25. The van der Waals surface area contributed by atoms with E-state index < -0.39 is 19.5 Å². The number of carbonyl (C=O) groups is 1. The number of benzene rings is 2. The molecular formula is C23H28N5O6P. The number of nitrogens with zero attached hydrogens (tertiary/aromatic N) is 2. The van der Waals surface area contributed by atoms with Gasteiger partial charge in [0.25, 0.3) is 0 Å². The van der Waals surface area contributed by atoms with E-state index in [0.29, 0.717) is 5.75 Å². The number of esters is 1. The Bertz CT molecular complexity index is 1120. The van der Waals surface area contributed by atoms with Crippen LogP contribution in [0.5, 0.6) is 11.6 Å². The maximum Gasteiger partial charge on any atom is 0.342 e. The Morgan fingerprint density at radius 1 is 1.03 bits per heavy atom. The van der Waals surface area contributed by atoms with Crippen molar-refractivity contribution in [1.82, 2.24) is 15.1 Å². The minimum Gasteiger partial charge on any atom is -0.475 e. The summed E-state index contributed by atoms with van der Waals surface area (Å²) >= 11 is 0. The molecule has 186 valence electrons. The molecule has 3 rings (SSSR count). The lowest BCUT2D eigenvalue weighted by Gasteiger charge is -2.23. The summed E-state index contributed by atoms with van der Waals surface area (Å²) in [7, 11) is -3.67. The van der Waals surface area contributed by atoms with Crippen molar-refractivity contribution in [2.75, 3.05) is 31.0 Å². The summed E-state index contributed by atoms with van der Waals surface area (Å²) in [6, 6.07) is 18.3. The van der Waals surface area contributed by atoms with Gasteiger partial charge in [0.2, 0.25) is 11.8 Å². The monoisotopic (exact) mass is 501 g/mol. The summed E-state index contributed by atoms with van der Waals surface area (Å²) in [5, 5.41) is 2.74. The molecule has 0 saturated heterocycles. The molecule has 1 unspecified atom stereocenters. The number of anilines is 2. The standard InChI is InChI=1S/C23H28N5O6P/c1-17(22(29)33-15-18-8-4-2-5-9-18)28-35(30,34-19-10-6-3-7-11-19)16-31-12-13-32-21-14-20(24)26-23(25)27-21/h2-11,14,17H,12-13,15-16H2,1H3,(H,28,30)(H4,24,25,26,27)/t17-,35?/m0/s1. The fraction of sp³-hybridized carbons (Fsp3) is 0.261. The molecule has 11 nitrogen and oxygen atoms in total. The van der Waals surface area contributed by atoms with Gasteiger partial charge >= 0.3 is 13.5 Å². The predicted molar refractivity (Wildman–Crippen MR) is 131 cm³/mol. The number of nitrogen functional groups attached to an aromatic ring is 2. The smallest absolute Gasteiger partial charge is 0.342 e. The number of rotatable bonds is 13. The number of nitrogens with two attached hydrogens (primary N) is 2. The first kappa shape index (κ1) is 26.0. The molecule has 5 N–H and O–H groups in total. The van der Waals surface area contributed by atoms with Gasteiger partial charge in [-0.3, -0.25) is 9.36 Å². The molecule has 0 aliphatic heterocycles. The van der Waals surface area contributed by atoms with Crippen molar-refractivity contribution in [3.8, 4) is 11.6 Å².